The molecule has 1 aromatic heterocycles. The van der Waals surface area contributed by atoms with Crippen LogP contribution in [0.2, 0.25) is 0 Å². The Morgan fingerprint density at radius 2 is 2.32 bits per heavy atom. The van der Waals surface area contributed by atoms with Gasteiger partial charge in [-0.2, -0.15) is 0 Å². The number of amidine groups is 1. The van der Waals surface area contributed by atoms with Crippen LogP contribution < -0.4 is 15.9 Å². The van der Waals surface area contributed by atoms with Gasteiger partial charge in [-0.25, -0.2) is 24.6 Å². The number of fused-ring (bicyclic) bond motifs is 3. The number of hydrogen-bond acceptors (Lipinski definition) is 9. The number of halogens is 1. The number of hydrogen-bond donors (Lipinski definition) is 3. The maximum absolute atomic E-state index is 14.0. The van der Waals surface area contributed by atoms with Crippen LogP contribution in [0.3, 0.4) is 0 Å². The molecule has 11 heteroatoms. The first kappa shape index (κ1) is 19.8. The van der Waals surface area contributed by atoms with Gasteiger partial charge < -0.3 is 25.2 Å². The highest BCUT2D eigenvalue weighted by Gasteiger charge is 2.44. The molecule has 5 rings (SSSR count). The van der Waals surface area contributed by atoms with Crippen LogP contribution in [-0.2, 0) is 16.1 Å². The standard InChI is InChI=1S/C20H23FN6O4/c21-12-6-11(19(23-7-12)30-5-4-22)9-26-14-2-1-3-15(14)31-16-10-27-17(25-18(16)26)13(8-24-27)20(28)29/h6-7,10,14-15,24H,1-5,8-9,22H2,(H,28,29). The van der Waals surface area contributed by atoms with Crippen LogP contribution >= 0.6 is 0 Å². The second-order valence-electron chi connectivity index (χ2n) is 7.78. The molecule has 4 aliphatic rings. The first-order valence-electron chi connectivity index (χ1n) is 10.3. The van der Waals surface area contributed by atoms with E-state index < -0.39 is 11.8 Å². The van der Waals surface area contributed by atoms with Gasteiger partial charge in [0.1, 0.15) is 18.5 Å². The quantitative estimate of drug-likeness (QED) is 0.597. The van der Waals surface area contributed by atoms with E-state index in [9.17, 15) is 14.3 Å². The van der Waals surface area contributed by atoms with Crippen LogP contribution in [0.1, 0.15) is 24.8 Å². The molecule has 4 heterocycles. The number of carbonyl (C=O) groups is 1. The number of nitrogens with two attached hydrogens (primary N) is 1. The minimum Gasteiger partial charge on any atom is -0.483 e. The van der Waals surface area contributed by atoms with E-state index in [0.717, 1.165) is 25.5 Å². The summed E-state index contributed by atoms with van der Waals surface area (Å²) in [4.78, 5) is 22.4. The summed E-state index contributed by atoms with van der Waals surface area (Å²) in [7, 11) is 0. The number of aromatic nitrogens is 1. The average molecular weight is 430 g/mol. The first-order valence-corrected chi connectivity index (χ1v) is 10.3. The predicted octanol–water partition coefficient (Wildman–Crippen LogP) is 0.681. The van der Waals surface area contributed by atoms with E-state index in [4.69, 9.17) is 15.2 Å². The Labute approximate surface area is 177 Å². The normalized spacial score (nSPS) is 24.2. The predicted molar refractivity (Wildman–Crippen MR) is 107 cm³/mol. The molecule has 1 aromatic rings. The number of rotatable bonds is 6. The maximum atomic E-state index is 14.0. The second-order valence-corrected chi connectivity index (χ2v) is 7.78. The maximum Gasteiger partial charge on any atom is 0.336 e. The van der Waals surface area contributed by atoms with Crippen molar-refractivity contribution >= 4 is 11.8 Å². The van der Waals surface area contributed by atoms with Crippen LogP contribution in [0, 0.1) is 5.82 Å². The second kappa shape index (κ2) is 7.82. The summed E-state index contributed by atoms with van der Waals surface area (Å²) in [6.45, 7) is 1.05. The highest BCUT2D eigenvalue weighted by molar-refractivity contribution is 6.00. The summed E-state index contributed by atoms with van der Waals surface area (Å²) in [5.41, 5.74) is 9.28. The summed E-state index contributed by atoms with van der Waals surface area (Å²) in [5.74, 6) is 0.248. The van der Waals surface area contributed by atoms with Crippen molar-refractivity contribution in [1.29, 1.82) is 0 Å². The van der Waals surface area contributed by atoms with Gasteiger partial charge in [0.2, 0.25) is 5.88 Å². The van der Waals surface area contributed by atoms with Crippen molar-refractivity contribution < 1.29 is 23.8 Å². The van der Waals surface area contributed by atoms with E-state index in [1.165, 1.54) is 6.07 Å². The molecule has 0 radical (unpaired) electrons. The van der Waals surface area contributed by atoms with E-state index in [0.29, 0.717) is 41.9 Å². The van der Waals surface area contributed by atoms with Gasteiger partial charge in [0.05, 0.1) is 37.1 Å². The molecule has 0 bridgehead atoms. The molecule has 1 saturated heterocycles. The van der Waals surface area contributed by atoms with Gasteiger partial charge >= 0.3 is 5.97 Å². The Kier molecular flexibility index (Phi) is 4.98. The highest BCUT2D eigenvalue weighted by atomic mass is 19.1. The van der Waals surface area contributed by atoms with E-state index in [1.807, 2.05) is 0 Å². The Bertz CT molecular complexity index is 1010. The average Bonchev–Trinajstić information content (AvgIpc) is 3.38. The summed E-state index contributed by atoms with van der Waals surface area (Å²) in [5, 5.41) is 11.1. The third-order valence-electron chi connectivity index (χ3n) is 5.82. The largest absolute Gasteiger partial charge is 0.483 e. The van der Waals surface area contributed by atoms with Crippen LogP contribution in [0.25, 0.3) is 0 Å². The minimum absolute atomic E-state index is 0.0211. The molecule has 1 saturated carbocycles. The minimum atomic E-state index is -1.03. The molecule has 31 heavy (non-hydrogen) atoms. The Morgan fingerprint density at radius 1 is 1.45 bits per heavy atom. The zero-order valence-corrected chi connectivity index (χ0v) is 16.8. The summed E-state index contributed by atoms with van der Waals surface area (Å²) in [6.07, 6.45) is 5.61. The number of carboxylic acid groups (broad SMARTS) is 1. The third-order valence-corrected chi connectivity index (χ3v) is 5.82. The van der Waals surface area contributed by atoms with Crippen molar-refractivity contribution in [1.82, 2.24) is 20.3 Å². The van der Waals surface area contributed by atoms with Gasteiger partial charge in [0.25, 0.3) is 0 Å². The summed E-state index contributed by atoms with van der Waals surface area (Å²) in [6, 6.07) is 1.44. The van der Waals surface area contributed by atoms with Crippen LogP contribution in [-0.4, -0.2) is 63.6 Å². The number of ether oxygens (including phenoxy) is 2. The lowest BCUT2D eigenvalue weighted by Crippen LogP contribution is -2.52. The lowest BCUT2D eigenvalue weighted by Gasteiger charge is -2.43. The van der Waals surface area contributed by atoms with Gasteiger partial charge in [-0.05, 0) is 25.3 Å². The molecule has 10 nitrogen and oxygen atoms in total. The van der Waals surface area contributed by atoms with Crippen molar-refractivity contribution in [2.75, 3.05) is 19.7 Å². The smallest absolute Gasteiger partial charge is 0.336 e. The van der Waals surface area contributed by atoms with Crippen molar-refractivity contribution in [2.24, 2.45) is 10.7 Å². The number of pyridine rings is 1. The number of carboxylic acids is 1. The summed E-state index contributed by atoms with van der Waals surface area (Å²) >= 11 is 0. The number of nitrogens with zero attached hydrogens (tertiary/aromatic N) is 4. The molecule has 1 aliphatic carbocycles. The molecule has 0 amide bonds. The number of morpholine rings is 1. The van der Waals surface area contributed by atoms with Crippen molar-refractivity contribution in [2.45, 2.75) is 38.0 Å². The molecule has 2 atom stereocenters. The van der Waals surface area contributed by atoms with Crippen molar-refractivity contribution in [3.05, 3.63) is 47.0 Å². The lowest BCUT2D eigenvalue weighted by atomic mass is 10.1. The molecular weight excluding hydrogens is 407 g/mol. The van der Waals surface area contributed by atoms with E-state index in [2.05, 4.69) is 20.3 Å². The Morgan fingerprint density at radius 3 is 3.13 bits per heavy atom. The first-order chi connectivity index (χ1) is 15.0. The molecule has 0 spiro atoms. The van der Waals surface area contributed by atoms with E-state index >= 15 is 0 Å². The fraction of sp³-hybridized carbons (Fsp3) is 0.450. The van der Waals surface area contributed by atoms with Crippen molar-refractivity contribution in [3.8, 4) is 5.88 Å². The van der Waals surface area contributed by atoms with Crippen LogP contribution in [0.4, 0.5) is 4.39 Å². The number of aliphatic carboxylic acids is 1. The number of aliphatic imine (C=N–C) groups is 1. The fourth-order valence-electron chi connectivity index (χ4n) is 4.45. The fourth-order valence-corrected chi connectivity index (χ4v) is 4.45. The Balaban J connectivity index is 1.54. The zero-order chi connectivity index (χ0) is 21.5. The molecule has 2 fully saturated rings. The third kappa shape index (κ3) is 3.49. The SMILES string of the molecule is NCCOc1ncc(F)cc1CN1C2=NC3=C(C(=O)O)CNN3C=C2OC2CCCC21. The van der Waals surface area contributed by atoms with Crippen molar-refractivity contribution in [3.63, 3.8) is 0 Å². The molecule has 2 unspecified atom stereocenters. The van der Waals surface area contributed by atoms with E-state index in [-0.39, 0.29) is 30.9 Å². The van der Waals surface area contributed by atoms with Gasteiger partial charge in [-0.1, -0.05) is 0 Å². The van der Waals surface area contributed by atoms with Gasteiger partial charge in [0.15, 0.2) is 17.4 Å². The molecule has 3 aliphatic heterocycles. The molecule has 0 aromatic carbocycles. The molecule has 4 N–H and O–H groups in total. The number of nitrogens with one attached hydrogen (secondary N) is 1. The van der Waals surface area contributed by atoms with Gasteiger partial charge in [-0.15, -0.1) is 0 Å². The summed E-state index contributed by atoms with van der Waals surface area (Å²) < 4.78 is 25.9. The highest BCUT2D eigenvalue weighted by Crippen LogP contribution is 2.38. The molecular formula is C20H23FN6O4. The van der Waals surface area contributed by atoms with Gasteiger partial charge in [-0.3, -0.25) is 5.01 Å². The van der Waals surface area contributed by atoms with Gasteiger partial charge in [0, 0.05) is 12.1 Å². The lowest BCUT2D eigenvalue weighted by molar-refractivity contribution is -0.132. The zero-order valence-electron chi connectivity index (χ0n) is 16.8. The van der Waals surface area contributed by atoms with Crippen LogP contribution in [0.5, 0.6) is 5.88 Å². The number of hydrazine groups is 1. The topological polar surface area (TPSA) is 126 Å². The Hall–Kier alpha value is -3.18. The molecule has 164 valence electrons. The van der Waals surface area contributed by atoms with Crippen LogP contribution in [0.15, 0.2) is 40.6 Å². The monoisotopic (exact) mass is 430 g/mol. The van der Waals surface area contributed by atoms with E-state index in [1.54, 1.807) is 11.2 Å².